The number of para-hydroxylation sites is 1. The maximum Gasteiger partial charge on any atom is 0.510 e. The van der Waals surface area contributed by atoms with Gasteiger partial charge in [0.05, 0.1) is 24.3 Å². The molecule has 1 aromatic carbocycles. The molecule has 0 aliphatic heterocycles. The predicted molar refractivity (Wildman–Crippen MR) is 122 cm³/mol. The monoisotopic (exact) mass is 534 g/mol. The van der Waals surface area contributed by atoms with Crippen LogP contribution in [0.1, 0.15) is 40.5 Å². The van der Waals surface area contributed by atoms with Crippen molar-refractivity contribution in [3.63, 3.8) is 0 Å². The zero-order valence-corrected chi connectivity index (χ0v) is 21.3. The van der Waals surface area contributed by atoms with E-state index < -0.39 is 76.1 Å². The van der Waals surface area contributed by atoms with E-state index in [4.69, 9.17) is 28.4 Å². The van der Waals surface area contributed by atoms with Crippen LogP contribution >= 0.6 is 7.60 Å². The topological polar surface area (TPSA) is 170 Å². The third kappa shape index (κ3) is 13.7. The Morgan fingerprint density at radius 1 is 0.861 bits per heavy atom. The molecule has 0 saturated carbocycles. The van der Waals surface area contributed by atoms with Gasteiger partial charge in [0.15, 0.2) is 0 Å². The van der Waals surface area contributed by atoms with Crippen molar-refractivity contribution in [3.8, 4) is 5.75 Å². The van der Waals surface area contributed by atoms with E-state index in [0.717, 1.165) is 0 Å². The van der Waals surface area contributed by atoms with E-state index in [-0.39, 0.29) is 12.2 Å². The molecule has 0 saturated heterocycles. The fourth-order valence-electron chi connectivity index (χ4n) is 2.44. The van der Waals surface area contributed by atoms with Gasteiger partial charge in [0.25, 0.3) is 0 Å². The highest BCUT2D eigenvalue weighted by atomic mass is 31.2. The van der Waals surface area contributed by atoms with Crippen molar-refractivity contribution in [2.24, 2.45) is 5.92 Å². The number of aliphatic carboxylic acids is 1. The van der Waals surface area contributed by atoms with Crippen molar-refractivity contribution in [1.82, 2.24) is 0 Å². The third-order valence-corrected chi connectivity index (χ3v) is 5.85. The number of carbonyl (C=O) groups excluding carboxylic acids is 3. The Balaban J connectivity index is 2.97. The van der Waals surface area contributed by atoms with Gasteiger partial charge >= 0.3 is 31.8 Å². The quantitative estimate of drug-likeness (QED) is 0.146. The molecule has 0 amide bonds. The molecule has 0 spiro atoms. The highest BCUT2D eigenvalue weighted by molar-refractivity contribution is 7.53. The SMILES string of the molecule is CC(C)OC(=O)OCOP(=O)(CC(CCC(=O)O)C(=O)Oc1ccccc1)OCOC(=O)OC(C)C. The van der Waals surface area contributed by atoms with Crippen LogP contribution in [0, 0.1) is 5.92 Å². The number of ether oxygens (including phenoxy) is 5. The minimum absolute atomic E-state index is 0.180. The second-order valence-corrected chi connectivity index (χ2v) is 9.88. The molecule has 0 bridgehead atoms. The summed E-state index contributed by atoms with van der Waals surface area (Å²) in [4.78, 5) is 47.0. The maximum absolute atomic E-state index is 13.4. The number of rotatable bonds is 15. The summed E-state index contributed by atoms with van der Waals surface area (Å²) in [7, 11) is -4.33. The maximum atomic E-state index is 13.4. The number of hydrogen-bond donors (Lipinski definition) is 1. The minimum atomic E-state index is -4.33. The predicted octanol–water partition coefficient (Wildman–Crippen LogP) is 4.34. The summed E-state index contributed by atoms with van der Waals surface area (Å²) in [5.41, 5.74) is 0. The van der Waals surface area contributed by atoms with Crippen LogP contribution in [0.3, 0.4) is 0 Å². The van der Waals surface area contributed by atoms with E-state index in [0.29, 0.717) is 0 Å². The van der Waals surface area contributed by atoms with Crippen LogP contribution < -0.4 is 4.74 Å². The minimum Gasteiger partial charge on any atom is -0.481 e. The van der Waals surface area contributed by atoms with E-state index in [1.165, 1.54) is 12.1 Å². The average Bonchev–Trinajstić information content (AvgIpc) is 2.76. The molecule has 0 fully saturated rings. The van der Waals surface area contributed by atoms with Gasteiger partial charge in [-0.1, -0.05) is 18.2 Å². The van der Waals surface area contributed by atoms with Gasteiger partial charge in [0, 0.05) is 6.42 Å². The summed E-state index contributed by atoms with van der Waals surface area (Å²) < 4.78 is 47.7. The van der Waals surface area contributed by atoms with Crippen molar-refractivity contribution >= 4 is 31.8 Å². The van der Waals surface area contributed by atoms with Gasteiger partial charge < -0.3 is 28.8 Å². The third-order valence-electron chi connectivity index (χ3n) is 3.96. The first-order chi connectivity index (χ1) is 16.9. The highest BCUT2D eigenvalue weighted by Gasteiger charge is 2.35. The largest absolute Gasteiger partial charge is 0.510 e. The molecule has 0 aliphatic rings. The van der Waals surface area contributed by atoms with Crippen LogP contribution in [0.2, 0.25) is 0 Å². The Hall–Kier alpha value is -3.15. The first-order valence-corrected chi connectivity index (χ1v) is 12.7. The zero-order chi connectivity index (χ0) is 27.1. The normalized spacial score (nSPS) is 12.1. The molecule has 1 N–H and O–H groups in total. The molecule has 0 radical (unpaired) electrons. The number of carboxylic acids is 1. The van der Waals surface area contributed by atoms with Crippen molar-refractivity contribution in [2.45, 2.75) is 52.7 Å². The molecule has 1 unspecified atom stereocenters. The first-order valence-electron chi connectivity index (χ1n) is 10.9. The van der Waals surface area contributed by atoms with Gasteiger partial charge in [-0.15, -0.1) is 0 Å². The Bertz CT molecular complexity index is 868. The van der Waals surface area contributed by atoms with Crippen LogP contribution in [0.5, 0.6) is 5.75 Å². The number of hydrogen-bond acceptors (Lipinski definition) is 12. The van der Waals surface area contributed by atoms with Gasteiger partial charge in [-0.05, 0) is 46.2 Å². The lowest BCUT2D eigenvalue weighted by Gasteiger charge is -2.22. The Morgan fingerprint density at radius 2 is 1.36 bits per heavy atom. The molecular weight excluding hydrogens is 503 g/mol. The van der Waals surface area contributed by atoms with Gasteiger partial charge in [0.1, 0.15) is 5.75 Å². The summed E-state index contributed by atoms with van der Waals surface area (Å²) in [6, 6.07) is 7.94. The van der Waals surface area contributed by atoms with Crippen LogP contribution in [0.15, 0.2) is 30.3 Å². The van der Waals surface area contributed by atoms with Crippen molar-refractivity contribution < 1.29 is 61.6 Å². The average molecular weight is 534 g/mol. The molecule has 13 nitrogen and oxygen atoms in total. The highest BCUT2D eigenvalue weighted by Crippen LogP contribution is 2.50. The standard InChI is InChI=1S/C22H31O13P/c1-15(2)33-21(26)29-13-31-36(28,32-14-30-22(27)34-16(3)4)12-17(10-11-19(23)24)20(25)35-18-8-6-5-7-9-18/h5-9,15-17H,10-14H2,1-4H3,(H,23,24). The lowest BCUT2D eigenvalue weighted by molar-refractivity contribution is -0.140. The summed E-state index contributed by atoms with van der Waals surface area (Å²) in [5, 5.41) is 9.05. The van der Waals surface area contributed by atoms with Crippen LogP contribution in [0.25, 0.3) is 0 Å². The van der Waals surface area contributed by atoms with Crippen LogP contribution in [-0.2, 0) is 42.1 Å². The van der Waals surface area contributed by atoms with E-state index in [1.54, 1.807) is 45.9 Å². The number of esters is 1. The van der Waals surface area contributed by atoms with E-state index in [2.05, 4.69) is 9.47 Å². The molecule has 1 rings (SSSR count). The van der Waals surface area contributed by atoms with Crippen molar-refractivity contribution in [2.75, 3.05) is 19.7 Å². The fourth-order valence-corrected chi connectivity index (χ4v) is 4.03. The fraction of sp³-hybridized carbons (Fsp3) is 0.545. The van der Waals surface area contributed by atoms with E-state index in [1.807, 2.05) is 0 Å². The summed E-state index contributed by atoms with van der Waals surface area (Å²) in [5.74, 6) is -3.18. The van der Waals surface area contributed by atoms with Crippen molar-refractivity contribution in [3.05, 3.63) is 30.3 Å². The molecule has 0 heterocycles. The van der Waals surface area contributed by atoms with Gasteiger partial charge in [-0.2, -0.15) is 0 Å². The zero-order valence-electron chi connectivity index (χ0n) is 20.4. The number of benzene rings is 1. The van der Waals surface area contributed by atoms with E-state index >= 15 is 0 Å². The molecular formula is C22H31O13P. The lowest BCUT2D eigenvalue weighted by Crippen LogP contribution is -2.26. The molecule has 1 aromatic rings. The molecule has 202 valence electrons. The summed E-state index contributed by atoms with van der Waals surface area (Å²) in [6.45, 7) is 4.53. The van der Waals surface area contributed by atoms with Crippen molar-refractivity contribution in [1.29, 1.82) is 0 Å². The Morgan fingerprint density at radius 3 is 1.81 bits per heavy atom. The Labute approximate surface area is 208 Å². The van der Waals surface area contributed by atoms with Crippen LogP contribution in [0.4, 0.5) is 9.59 Å². The number of carboxylic acid groups (broad SMARTS) is 1. The smallest absolute Gasteiger partial charge is 0.481 e. The van der Waals surface area contributed by atoms with Gasteiger partial charge in [0.2, 0.25) is 13.6 Å². The Kier molecular flexibility index (Phi) is 13.5. The lowest BCUT2D eigenvalue weighted by atomic mass is 10.1. The first kappa shape index (κ1) is 30.9. The summed E-state index contributed by atoms with van der Waals surface area (Å²) in [6.07, 6.45) is -4.61. The van der Waals surface area contributed by atoms with Gasteiger partial charge in [-0.25, -0.2) is 9.59 Å². The van der Waals surface area contributed by atoms with Crippen LogP contribution in [-0.4, -0.2) is 61.3 Å². The second kappa shape index (κ2) is 15.8. The summed E-state index contributed by atoms with van der Waals surface area (Å²) >= 11 is 0. The second-order valence-electron chi connectivity index (χ2n) is 7.77. The molecule has 0 aliphatic carbocycles. The molecule has 14 heteroatoms. The number of carbonyl (C=O) groups is 4. The molecule has 36 heavy (non-hydrogen) atoms. The molecule has 0 aromatic heterocycles. The van der Waals surface area contributed by atoms with Gasteiger partial charge in [-0.3, -0.25) is 23.2 Å². The van der Waals surface area contributed by atoms with E-state index in [9.17, 15) is 23.7 Å². The molecule has 1 atom stereocenters.